The molecule has 2 aromatic carbocycles. The Balaban J connectivity index is 1.57. The van der Waals surface area contributed by atoms with Gasteiger partial charge in [0.2, 0.25) is 0 Å². The van der Waals surface area contributed by atoms with Crippen molar-refractivity contribution in [1.29, 1.82) is 0 Å². The maximum atomic E-state index is 12.6. The van der Waals surface area contributed by atoms with Crippen LogP contribution in [0.15, 0.2) is 54.6 Å². The molecular weight excluding hydrogens is 310 g/mol. The zero-order valence-electron chi connectivity index (χ0n) is 14.7. The molecule has 0 unspecified atom stereocenters. The number of carbonyl (C=O) groups is 1. The predicted molar refractivity (Wildman–Crippen MR) is 101 cm³/mol. The Kier molecular flexibility index (Phi) is 6.49. The lowest BCUT2D eigenvalue weighted by atomic mass is 9.96. The van der Waals surface area contributed by atoms with E-state index in [1.165, 1.54) is 32.1 Å². The number of nitrogens with one attached hydrogen (secondary N) is 1. The van der Waals surface area contributed by atoms with Gasteiger partial charge in [-0.05, 0) is 36.6 Å². The van der Waals surface area contributed by atoms with Gasteiger partial charge in [-0.3, -0.25) is 4.79 Å². The molecule has 1 aliphatic carbocycles. The second-order valence-electron chi connectivity index (χ2n) is 6.82. The zero-order valence-corrected chi connectivity index (χ0v) is 14.7. The molecule has 3 rings (SSSR count). The fraction of sp³-hybridized carbons (Fsp3) is 0.409. The van der Waals surface area contributed by atoms with Crippen molar-refractivity contribution in [2.75, 3.05) is 0 Å². The van der Waals surface area contributed by atoms with Crippen molar-refractivity contribution in [2.24, 2.45) is 0 Å². The van der Waals surface area contributed by atoms with Crippen LogP contribution in [0.3, 0.4) is 0 Å². The van der Waals surface area contributed by atoms with Crippen molar-refractivity contribution in [1.82, 2.24) is 5.32 Å². The minimum Gasteiger partial charge on any atom is -0.489 e. The first-order chi connectivity index (χ1) is 12.3. The van der Waals surface area contributed by atoms with Crippen LogP contribution < -0.4 is 10.1 Å². The predicted octanol–water partition coefficient (Wildman–Crippen LogP) is 5.11. The monoisotopic (exact) mass is 337 g/mol. The van der Waals surface area contributed by atoms with Gasteiger partial charge < -0.3 is 10.1 Å². The molecule has 0 atom stereocenters. The highest BCUT2D eigenvalue weighted by atomic mass is 16.5. The van der Waals surface area contributed by atoms with E-state index in [0.29, 0.717) is 18.2 Å². The molecule has 132 valence electrons. The molecule has 1 aliphatic rings. The van der Waals surface area contributed by atoms with Crippen molar-refractivity contribution >= 4 is 5.91 Å². The van der Waals surface area contributed by atoms with Crippen LogP contribution in [0, 0.1) is 0 Å². The third kappa shape index (κ3) is 5.63. The van der Waals surface area contributed by atoms with E-state index in [4.69, 9.17) is 4.74 Å². The number of ether oxygens (including phenoxy) is 1. The van der Waals surface area contributed by atoms with Crippen LogP contribution in [0.1, 0.15) is 60.9 Å². The lowest BCUT2D eigenvalue weighted by Gasteiger charge is -2.21. The molecular formula is C22H27NO2. The van der Waals surface area contributed by atoms with Crippen LogP contribution in [0.4, 0.5) is 0 Å². The number of rotatable bonds is 5. The molecule has 3 nitrogen and oxygen atoms in total. The summed E-state index contributed by atoms with van der Waals surface area (Å²) in [4.78, 5) is 12.6. The maximum Gasteiger partial charge on any atom is 0.251 e. The highest BCUT2D eigenvalue weighted by Crippen LogP contribution is 2.19. The van der Waals surface area contributed by atoms with E-state index < -0.39 is 0 Å². The summed E-state index contributed by atoms with van der Waals surface area (Å²) >= 11 is 0. The molecule has 0 heterocycles. The summed E-state index contributed by atoms with van der Waals surface area (Å²) in [7, 11) is 0. The molecule has 0 aromatic heterocycles. The third-order valence-corrected chi connectivity index (χ3v) is 4.78. The Morgan fingerprint density at radius 2 is 1.64 bits per heavy atom. The second kappa shape index (κ2) is 9.26. The molecule has 0 aliphatic heterocycles. The number of hydrogen-bond donors (Lipinski definition) is 1. The molecule has 1 saturated carbocycles. The Hall–Kier alpha value is -2.29. The van der Waals surface area contributed by atoms with Crippen molar-refractivity contribution in [3.63, 3.8) is 0 Å². The van der Waals surface area contributed by atoms with Crippen molar-refractivity contribution in [3.8, 4) is 5.75 Å². The largest absolute Gasteiger partial charge is 0.489 e. The van der Waals surface area contributed by atoms with Gasteiger partial charge in [-0.2, -0.15) is 0 Å². The SMILES string of the molecule is O=C(NC1CCCCCCC1)c1cccc(OCc2ccccc2)c1. The number of amides is 1. The normalized spacial score (nSPS) is 15.8. The quantitative estimate of drug-likeness (QED) is 0.823. The van der Waals surface area contributed by atoms with Gasteiger partial charge in [0.25, 0.3) is 5.91 Å². The van der Waals surface area contributed by atoms with Gasteiger partial charge in [0, 0.05) is 11.6 Å². The Morgan fingerprint density at radius 3 is 2.40 bits per heavy atom. The Bertz CT molecular complexity index is 661. The number of benzene rings is 2. The Labute approximate surface area is 150 Å². The first-order valence-electron chi connectivity index (χ1n) is 9.39. The second-order valence-corrected chi connectivity index (χ2v) is 6.82. The van der Waals surface area contributed by atoms with Crippen LogP contribution in [0.25, 0.3) is 0 Å². The van der Waals surface area contributed by atoms with E-state index in [2.05, 4.69) is 5.32 Å². The summed E-state index contributed by atoms with van der Waals surface area (Å²) in [5.41, 5.74) is 1.79. The number of hydrogen-bond acceptors (Lipinski definition) is 2. The zero-order chi connectivity index (χ0) is 17.3. The first kappa shape index (κ1) is 17.5. The van der Waals surface area contributed by atoms with Gasteiger partial charge in [0.1, 0.15) is 12.4 Å². The highest BCUT2D eigenvalue weighted by molar-refractivity contribution is 5.94. The van der Waals surface area contributed by atoms with Crippen LogP contribution >= 0.6 is 0 Å². The molecule has 0 bridgehead atoms. The van der Waals surface area contributed by atoms with Gasteiger partial charge in [0.15, 0.2) is 0 Å². The summed E-state index contributed by atoms with van der Waals surface area (Å²) in [6.07, 6.45) is 8.52. The fourth-order valence-corrected chi connectivity index (χ4v) is 3.34. The molecule has 25 heavy (non-hydrogen) atoms. The minimum atomic E-state index is 0.00994. The molecule has 0 spiro atoms. The highest BCUT2D eigenvalue weighted by Gasteiger charge is 2.15. The van der Waals surface area contributed by atoms with Crippen molar-refractivity contribution in [2.45, 2.75) is 57.6 Å². The lowest BCUT2D eigenvalue weighted by molar-refractivity contribution is 0.0930. The molecule has 1 fully saturated rings. The maximum absolute atomic E-state index is 12.6. The first-order valence-corrected chi connectivity index (χ1v) is 9.39. The number of carbonyl (C=O) groups excluding carboxylic acids is 1. The van der Waals surface area contributed by atoms with Crippen LogP contribution in [-0.4, -0.2) is 11.9 Å². The van der Waals surface area contributed by atoms with Crippen LogP contribution in [-0.2, 0) is 6.61 Å². The molecule has 1 amide bonds. The fourth-order valence-electron chi connectivity index (χ4n) is 3.34. The van der Waals surface area contributed by atoms with Gasteiger partial charge in [-0.15, -0.1) is 0 Å². The summed E-state index contributed by atoms with van der Waals surface area (Å²) in [6.45, 7) is 0.508. The molecule has 3 heteroatoms. The molecule has 1 N–H and O–H groups in total. The Morgan fingerprint density at radius 1 is 0.920 bits per heavy atom. The average Bonchev–Trinajstić information content (AvgIpc) is 2.63. The van der Waals surface area contributed by atoms with E-state index in [-0.39, 0.29) is 5.91 Å². The summed E-state index contributed by atoms with van der Waals surface area (Å²) in [6, 6.07) is 17.8. The van der Waals surface area contributed by atoms with E-state index in [1.54, 1.807) is 0 Å². The lowest BCUT2D eigenvalue weighted by Crippen LogP contribution is -2.35. The minimum absolute atomic E-state index is 0.00994. The summed E-state index contributed by atoms with van der Waals surface area (Å²) in [5, 5.41) is 3.21. The smallest absolute Gasteiger partial charge is 0.251 e. The standard InChI is InChI=1S/C22H27NO2/c24-22(23-20-13-7-2-1-3-8-14-20)19-12-9-15-21(16-19)25-17-18-10-5-4-6-11-18/h4-6,9-12,15-16,20H,1-3,7-8,13-14,17H2,(H,23,24). The summed E-state index contributed by atoms with van der Waals surface area (Å²) < 4.78 is 5.83. The van der Waals surface area contributed by atoms with E-state index in [9.17, 15) is 4.79 Å². The van der Waals surface area contributed by atoms with Gasteiger partial charge in [-0.25, -0.2) is 0 Å². The molecule has 0 radical (unpaired) electrons. The van der Waals surface area contributed by atoms with E-state index in [0.717, 1.165) is 24.2 Å². The van der Waals surface area contributed by atoms with Gasteiger partial charge >= 0.3 is 0 Å². The van der Waals surface area contributed by atoms with Crippen LogP contribution in [0.5, 0.6) is 5.75 Å². The third-order valence-electron chi connectivity index (χ3n) is 4.78. The molecule has 2 aromatic rings. The van der Waals surface area contributed by atoms with E-state index in [1.807, 2.05) is 54.6 Å². The topological polar surface area (TPSA) is 38.3 Å². The van der Waals surface area contributed by atoms with Crippen molar-refractivity contribution < 1.29 is 9.53 Å². The van der Waals surface area contributed by atoms with Crippen LogP contribution in [0.2, 0.25) is 0 Å². The van der Waals surface area contributed by atoms with Gasteiger partial charge in [-0.1, -0.05) is 68.5 Å². The van der Waals surface area contributed by atoms with Gasteiger partial charge in [0.05, 0.1) is 0 Å². The van der Waals surface area contributed by atoms with Crippen molar-refractivity contribution in [3.05, 3.63) is 65.7 Å². The average molecular weight is 337 g/mol. The summed E-state index contributed by atoms with van der Waals surface area (Å²) in [5.74, 6) is 0.741. The molecule has 0 saturated heterocycles. The van der Waals surface area contributed by atoms with E-state index >= 15 is 0 Å².